The topological polar surface area (TPSA) is 70.7 Å². The first-order valence-electron chi connectivity index (χ1n) is 7.62. The van der Waals surface area contributed by atoms with Crippen LogP contribution in [0.3, 0.4) is 0 Å². The number of piperidine rings is 1. The summed E-state index contributed by atoms with van der Waals surface area (Å²) in [5.74, 6) is 0.616. The molecule has 0 spiro atoms. The maximum atomic E-state index is 11.9. The molecule has 1 aromatic rings. The molecule has 1 saturated heterocycles. The maximum Gasteiger partial charge on any atom is 0.321 e. The van der Waals surface area contributed by atoms with Crippen molar-refractivity contribution < 1.29 is 14.3 Å². The van der Waals surface area contributed by atoms with Crippen LogP contribution < -0.4 is 15.4 Å². The predicted octanol–water partition coefficient (Wildman–Crippen LogP) is 1.23. The lowest BCUT2D eigenvalue weighted by Gasteiger charge is -2.30. The third kappa shape index (κ3) is 5.04. The van der Waals surface area contributed by atoms with Crippen molar-refractivity contribution in [3.8, 4) is 5.75 Å². The number of carbonyl (C=O) groups is 2. The van der Waals surface area contributed by atoms with E-state index in [0.29, 0.717) is 6.61 Å². The Hall–Kier alpha value is -2.08. The smallest absolute Gasteiger partial charge is 0.321 e. The summed E-state index contributed by atoms with van der Waals surface area (Å²) in [7, 11) is 1.50. The Morgan fingerprint density at radius 2 is 1.91 bits per heavy atom. The molecule has 2 rings (SSSR count). The van der Waals surface area contributed by atoms with E-state index in [0.717, 1.165) is 38.2 Å². The Balaban J connectivity index is 1.64. The van der Waals surface area contributed by atoms with E-state index in [1.807, 2.05) is 30.3 Å². The lowest BCUT2D eigenvalue weighted by atomic mass is 9.96. The number of likely N-dealkylation sites (tertiary alicyclic amines) is 1. The Labute approximate surface area is 130 Å². The van der Waals surface area contributed by atoms with Crippen LogP contribution in [0.25, 0.3) is 0 Å². The summed E-state index contributed by atoms with van der Waals surface area (Å²) < 4.78 is 5.68. The number of benzene rings is 1. The van der Waals surface area contributed by atoms with E-state index in [9.17, 15) is 9.59 Å². The Kier molecular flexibility index (Phi) is 6.21. The number of hydrogen-bond donors (Lipinski definition) is 2. The highest BCUT2D eigenvalue weighted by atomic mass is 16.5. The Morgan fingerprint density at radius 3 is 2.55 bits per heavy atom. The van der Waals surface area contributed by atoms with E-state index >= 15 is 0 Å². The van der Waals surface area contributed by atoms with Gasteiger partial charge in [-0.25, -0.2) is 4.79 Å². The molecular formula is C16H23N3O3. The Bertz CT molecular complexity index is 485. The van der Waals surface area contributed by atoms with Crippen LogP contribution in [-0.4, -0.2) is 50.1 Å². The monoisotopic (exact) mass is 305 g/mol. The van der Waals surface area contributed by atoms with Crippen LogP contribution >= 0.6 is 0 Å². The van der Waals surface area contributed by atoms with E-state index < -0.39 is 6.03 Å². The van der Waals surface area contributed by atoms with Gasteiger partial charge in [-0.1, -0.05) is 18.2 Å². The van der Waals surface area contributed by atoms with Crippen LogP contribution in [0, 0.1) is 5.92 Å². The minimum Gasteiger partial charge on any atom is -0.492 e. The van der Waals surface area contributed by atoms with Crippen molar-refractivity contribution in [2.24, 2.45) is 5.92 Å². The molecule has 1 heterocycles. The molecule has 0 aliphatic carbocycles. The second-order valence-corrected chi connectivity index (χ2v) is 5.35. The van der Waals surface area contributed by atoms with E-state index in [1.165, 1.54) is 7.05 Å². The van der Waals surface area contributed by atoms with Gasteiger partial charge in [0, 0.05) is 19.5 Å². The van der Waals surface area contributed by atoms with Crippen molar-refractivity contribution in [1.29, 1.82) is 0 Å². The number of imide groups is 1. The lowest BCUT2D eigenvalue weighted by Crippen LogP contribution is -2.45. The van der Waals surface area contributed by atoms with Gasteiger partial charge < -0.3 is 10.1 Å². The van der Waals surface area contributed by atoms with Crippen molar-refractivity contribution >= 4 is 11.9 Å². The fraction of sp³-hybridized carbons (Fsp3) is 0.500. The van der Waals surface area contributed by atoms with Crippen molar-refractivity contribution in [3.63, 3.8) is 0 Å². The molecule has 3 amide bonds. The highest BCUT2D eigenvalue weighted by molar-refractivity contribution is 5.95. The van der Waals surface area contributed by atoms with Gasteiger partial charge in [-0.3, -0.25) is 15.0 Å². The summed E-state index contributed by atoms with van der Waals surface area (Å²) in [6, 6.07) is 9.30. The molecule has 0 aromatic heterocycles. The summed E-state index contributed by atoms with van der Waals surface area (Å²) in [5.41, 5.74) is 0. The van der Waals surface area contributed by atoms with E-state index in [-0.39, 0.29) is 11.8 Å². The van der Waals surface area contributed by atoms with Crippen LogP contribution in [0.1, 0.15) is 12.8 Å². The highest BCUT2D eigenvalue weighted by Crippen LogP contribution is 2.17. The van der Waals surface area contributed by atoms with Gasteiger partial charge >= 0.3 is 6.03 Å². The molecule has 0 unspecified atom stereocenters. The molecule has 1 aromatic carbocycles. The predicted molar refractivity (Wildman–Crippen MR) is 83.7 cm³/mol. The van der Waals surface area contributed by atoms with Gasteiger partial charge in [0.1, 0.15) is 12.4 Å². The average Bonchev–Trinajstić information content (AvgIpc) is 2.56. The third-order valence-corrected chi connectivity index (χ3v) is 3.84. The molecule has 6 heteroatoms. The number of nitrogens with one attached hydrogen (secondary N) is 2. The minimum atomic E-state index is -0.441. The van der Waals surface area contributed by atoms with Gasteiger partial charge in [-0.15, -0.1) is 0 Å². The summed E-state index contributed by atoms with van der Waals surface area (Å²) in [4.78, 5) is 25.3. The number of carbonyl (C=O) groups excluding carboxylic acids is 2. The normalized spacial score (nSPS) is 16.0. The molecule has 1 aliphatic heterocycles. The lowest BCUT2D eigenvalue weighted by molar-refractivity contribution is -0.125. The second kappa shape index (κ2) is 8.38. The van der Waals surface area contributed by atoms with Crippen molar-refractivity contribution in [1.82, 2.24) is 15.5 Å². The molecular weight excluding hydrogens is 282 g/mol. The first kappa shape index (κ1) is 16.3. The molecule has 120 valence electrons. The summed E-state index contributed by atoms with van der Waals surface area (Å²) in [6.07, 6.45) is 1.54. The number of hydrogen-bond acceptors (Lipinski definition) is 4. The molecule has 0 saturated carbocycles. The van der Waals surface area contributed by atoms with Gasteiger partial charge in [0.15, 0.2) is 0 Å². The number of urea groups is 1. The SMILES string of the molecule is CNC(=O)NC(=O)C1CCN(CCOc2ccccc2)CC1. The van der Waals surface area contributed by atoms with E-state index in [2.05, 4.69) is 15.5 Å². The summed E-state index contributed by atoms with van der Waals surface area (Å²) >= 11 is 0. The zero-order chi connectivity index (χ0) is 15.8. The second-order valence-electron chi connectivity index (χ2n) is 5.35. The number of nitrogens with zero attached hydrogens (tertiary/aromatic N) is 1. The van der Waals surface area contributed by atoms with Crippen molar-refractivity contribution in [3.05, 3.63) is 30.3 Å². The van der Waals surface area contributed by atoms with Crippen molar-refractivity contribution in [2.75, 3.05) is 33.3 Å². The molecule has 0 bridgehead atoms. The first-order chi connectivity index (χ1) is 10.7. The fourth-order valence-corrected chi connectivity index (χ4v) is 2.50. The average molecular weight is 305 g/mol. The van der Waals surface area contributed by atoms with Gasteiger partial charge in [0.2, 0.25) is 5.91 Å². The molecule has 6 nitrogen and oxygen atoms in total. The zero-order valence-corrected chi connectivity index (χ0v) is 12.9. The highest BCUT2D eigenvalue weighted by Gasteiger charge is 2.25. The van der Waals surface area contributed by atoms with Gasteiger partial charge in [0.25, 0.3) is 0 Å². The summed E-state index contributed by atoms with van der Waals surface area (Å²) in [5, 5.41) is 4.74. The number of ether oxygens (including phenoxy) is 1. The Morgan fingerprint density at radius 1 is 1.23 bits per heavy atom. The maximum absolute atomic E-state index is 11.9. The molecule has 22 heavy (non-hydrogen) atoms. The van der Waals surface area contributed by atoms with Gasteiger partial charge in [-0.05, 0) is 38.1 Å². The van der Waals surface area contributed by atoms with Gasteiger partial charge in [0.05, 0.1) is 0 Å². The van der Waals surface area contributed by atoms with Gasteiger partial charge in [-0.2, -0.15) is 0 Å². The zero-order valence-electron chi connectivity index (χ0n) is 12.9. The molecule has 1 aliphatic rings. The van der Waals surface area contributed by atoms with E-state index in [4.69, 9.17) is 4.74 Å². The number of para-hydroxylation sites is 1. The molecule has 2 N–H and O–H groups in total. The largest absolute Gasteiger partial charge is 0.492 e. The van der Waals surface area contributed by atoms with Crippen LogP contribution in [0.2, 0.25) is 0 Å². The molecule has 1 fully saturated rings. The molecule has 0 radical (unpaired) electrons. The minimum absolute atomic E-state index is 0.0800. The fourth-order valence-electron chi connectivity index (χ4n) is 2.50. The summed E-state index contributed by atoms with van der Waals surface area (Å²) in [6.45, 7) is 3.19. The van der Waals surface area contributed by atoms with Crippen LogP contribution in [-0.2, 0) is 4.79 Å². The third-order valence-electron chi connectivity index (χ3n) is 3.84. The van der Waals surface area contributed by atoms with Crippen LogP contribution in [0.5, 0.6) is 5.75 Å². The first-order valence-corrected chi connectivity index (χ1v) is 7.62. The van der Waals surface area contributed by atoms with Crippen molar-refractivity contribution in [2.45, 2.75) is 12.8 Å². The quantitative estimate of drug-likeness (QED) is 0.858. The number of rotatable bonds is 5. The van der Waals surface area contributed by atoms with E-state index in [1.54, 1.807) is 0 Å². The van der Waals surface area contributed by atoms with Crippen LogP contribution in [0.15, 0.2) is 30.3 Å². The number of amides is 3. The molecule has 0 atom stereocenters. The standard InChI is InChI=1S/C16H23N3O3/c1-17-16(21)18-15(20)13-7-9-19(10-8-13)11-12-22-14-5-3-2-4-6-14/h2-6,13H,7-12H2,1H3,(H2,17,18,20,21). The van der Waals surface area contributed by atoms with Crippen LogP contribution in [0.4, 0.5) is 4.79 Å².